The predicted octanol–water partition coefficient (Wildman–Crippen LogP) is 10.1. The number of aromatic nitrogens is 2. The van der Waals surface area contributed by atoms with Crippen molar-refractivity contribution in [1.29, 1.82) is 0 Å². The van der Waals surface area contributed by atoms with Crippen molar-refractivity contribution >= 4 is 43.6 Å². The highest BCUT2D eigenvalue weighted by Crippen LogP contribution is 2.38. The first-order valence-electron chi connectivity index (χ1n) is 14.3. The van der Waals surface area contributed by atoms with Crippen LogP contribution in [-0.4, -0.2) is 9.13 Å². The van der Waals surface area contributed by atoms with Crippen LogP contribution in [0, 0.1) is 0 Å². The Morgan fingerprint density at radius 3 is 1.88 bits per heavy atom. The van der Waals surface area contributed by atoms with Crippen LogP contribution in [0.25, 0.3) is 66.3 Å². The molecule has 0 spiro atoms. The van der Waals surface area contributed by atoms with E-state index in [1.807, 2.05) is 18.4 Å². The lowest BCUT2D eigenvalue weighted by Gasteiger charge is -2.14. The topological polar surface area (TPSA) is 32.2 Å². The maximum Gasteiger partial charge on any atom is 0.133 e. The Balaban J connectivity index is 1.25. The van der Waals surface area contributed by atoms with Gasteiger partial charge in [-0.25, -0.2) is 0 Å². The number of hydrogen-bond acceptors (Lipinski definition) is 2. The van der Waals surface area contributed by atoms with E-state index in [1.165, 1.54) is 49.2 Å². The van der Waals surface area contributed by atoms with Crippen LogP contribution in [0.2, 0.25) is 0 Å². The molecule has 4 nitrogen and oxygen atoms in total. The molecule has 5 aromatic carbocycles. The molecule has 200 valence electrons. The molecular weight excluding hydrogens is 516 g/mol. The van der Waals surface area contributed by atoms with Gasteiger partial charge in [0.25, 0.3) is 0 Å². The van der Waals surface area contributed by atoms with Crippen molar-refractivity contribution in [3.05, 3.63) is 145 Å². The van der Waals surface area contributed by atoms with Crippen molar-refractivity contribution in [2.24, 2.45) is 0 Å². The highest BCUT2D eigenvalue weighted by Gasteiger charge is 2.19. The fourth-order valence-electron chi connectivity index (χ4n) is 6.69. The molecule has 0 fully saturated rings. The van der Waals surface area contributed by atoms with Gasteiger partial charge in [0, 0.05) is 44.9 Å². The van der Waals surface area contributed by atoms with Gasteiger partial charge in [-0.2, -0.15) is 0 Å². The molecular formula is C38H26N2O2. The quantitative estimate of drug-likeness (QED) is 0.222. The van der Waals surface area contributed by atoms with E-state index in [0.717, 1.165) is 29.1 Å². The van der Waals surface area contributed by atoms with Crippen LogP contribution in [0.15, 0.2) is 144 Å². The molecule has 1 atom stereocenters. The van der Waals surface area contributed by atoms with E-state index in [1.54, 1.807) is 6.26 Å². The second-order valence-electron chi connectivity index (χ2n) is 10.9. The normalized spacial score (nSPS) is 14.9. The molecule has 4 heteroatoms. The van der Waals surface area contributed by atoms with Gasteiger partial charge in [0.15, 0.2) is 0 Å². The summed E-state index contributed by atoms with van der Waals surface area (Å²) in [4.78, 5) is 0. The maximum atomic E-state index is 5.85. The SMILES string of the molecule is C1=COC(c2ccc3c(c2)c2ccccc2n3-c2cccc(-n3c4ccccc4c4cc(-c5ccco5)ccc43)c2)C1. The average Bonchev–Trinajstić information content (AvgIpc) is 3.86. The highest BCUT2D eigenvalue weighted by atomic mass is 16.5. The smallest absolute Gasteiger partial charge is 0.133 e. The maximum absolute atomic E-state index is 5.85. The molecule has 8 aromatic rings. The summed E-state index contributed by atoms with van der Waals surface area (Å²) in [7, 11) is 0. The third-order valence-corrected chi connectivity index (χ3v) is 8.58. The zero-order valence-corrected chi connectivity index (χ0v) is 22.8. The van der Waals surface area contributed by atoms with Crippen molar-refractivity contribution in [3.63, 3.8) is 0 Å². The lowest BCUT2D eigenvalue weighted by molar-refractivity contribution is 0.173. The minimum atomic E-state index is 0.0865. The Morgan fingerprint density at radius 1 is 0.548 bits per heavy atom. The Bertz CT molecular complexity index is 2310. The van der Waals surface area contributed by atoms with Crippen LogP contribution in [0.1, 0.15) is 18.1 Å². The second-order valence-corrected chi connectivity index (χ2v) is 10.9. The summed E-state index contributed by atoms with van der Waals surface area (Å²) < 4.78 is 16.3. The van der Waals surface area contributed by atoms with Gasteiger partial charge in [0.2, 0.25) is 0 Å². The highest BCUT2D eigenvalue weighted by molar-refractivity contribution is 6.11. The first-order valence-corrected chi connectivity index (χ1v) is 14.3. The van der Waals surface area contributed by atoms with Gasteiger partial charge in [0.05, 0.1) is 34.6 Å². The Morgan fingerprint density at radius 2 is 1.21 bits per heavy atom. The monoisotopic (exact) mass is 542 g/mol. The first kappa shape index (κ1) is 23.2. The van der Waals surface area contributed by atoms with E-state index in [0.29, 0.717) is 0 Å². The Hall–Kier alpha value is -5.48. The molecule has 0 N–H and O–H groups in total. The van der Waals surface area contributed by atoms with E-state index in [9.17, 15) is 0 Å². The van der Waals surface area contributed by atoms with Gasteiger partial charge in [-0.1, -0.05) is 48.5 Å². The molecule has 3 aromatic heterocycles. The third-order valence-electron chi connectivity index (χ3n) is 8.58. The number of rotatable bonds is 4. The second kappa shape index (κ2) is 9.02. The molecule has 0 saturated carbocycles. The number of hydrogen-bond donors (Lipinski definition) is 0. The van der Waals surface area contributed by atoms with Crippen LogP contribution in [0.5, 0.6) is 0 Å². The zero-order valence-electron chi connectivity index (χ0n) is 22.8. The van der Waals surface area contributed by atoms with Crippen molar-refractivity contribution in [2.75, 3.05) is 0 Å². The van der Waals surface area contributed by atoms with Crippen LogP contribution >= 0.6 is 0 Å². The predicted molar refractivity (Wildman–Crippen MR) is 170 cm³/mol. The number of nitrogens with zero attached hydrogens (tertiary/aromatic N) is 2. The van der Waals surface area contributed by atoms with Gasteiger partial charge in [0.1, 0.15) is 11.9 Å². The lowest BCUT2D eigenvalue weighted by Crippen LogP contribution is -1.99. The number of ether oxygens (including phenoxy) is 1. The van der Waals surface area contributed by atoms with Gasteiger partial charge in [-0.3, -0.25) is 0 Å². The van der Waals surface area contributed by atoms with Crippen molar-refractivity contribution in [1.82, 2.24) is 9.13 Å². The summed E-state index contributed by atoms with van der Waals surface area (Å²) in [5, 5.41) is 4.91. The van der Waals surface area contributed by atoms with E-state index in [2.05, 4.69) is 124 Å². The van der Waals surface area contributed by atoms with E-state index < -0.39 is 0 Å². The van der Waals surface area contributed by atoms with E-state index >= 15 is 0 Å². The Kier molecular flexibility index (Phi) is 4.99. The summed E-state index contributed by atoms with van der Waals surface area (Å²) in [5.74, 6) is 0.876. The molecule has 1 aliphatic rings. The average molecular weight is 543 g/mol. The first-order chi connectivity index (χ1) is 20.8. The fraction of sp³-hybridized carbons (Fsp3) is 0.0526. The molecule has 42 heavy (non-hydrogen) atoms. The summed E-state index contributed by atoms with van der Waals surface area (Å²) in [6.07, 6.45) is 6.63. The molecule has 4 heterocycles. The van der Waals surface area contributed by atoms with Crippen molar-refractivity contribution < 1.29 is 9.15 Å². The molecule has 0 aliphatic carbocycles. The molecule has 0 saturated heterocycles. The standard InChI is InChI=1S/C38H26N2O2/c1-3-12-33-29(10-1)31-22-25(37-14-6-20-41-37)16-18-35(31)39(33)27-8-5-9-28(24-27)40-34-13-4-2-11-30(34)32-23-26(17-19-36(32)40)38-15-7-21-42-38/h1-14,16-24,38H,15H2. The van der Waals surface area contributed by atoms with Gasteiger partial charge in [-0.15, -0.1) is 0 Å². The van der Waals surface area contributed by atoms with Crippen LogP contribution in [0.4, 0.5) is 0 Å². The van der Waals surface area contributed by atoms with Crippen LogP contribution in [-0.2, 0) is 4.74 Å². The van der Waals surface area contributed by atoms with Crippen LogP contribution in [0.3, 0.4) is 0 Å². The van der Waals surface area contributed by atoms with Crippen molar-refractivity contribution in [3.8, 4) is 22.7 Å². The minimum Gasteiger partial charge on any atom is -0.493 e. The molecule has 1 aliphatic heterocycles. The summed E-state index contributed by atoms with van der Waals surface area (Å²) in [5.41, 5.74) is 9.27. The number of fused-ring (bicyclic) bond motifs is 6. The van der Waals surface area contributed by atoms with E-state index in [-0.39, 0.29) is 6.10 Å². The molecule has 9 rings (SSSR count). The number of benzene rings is 5. The number of furan rings is 1. The molecule has 0 radical (unpaired) electrons. The van der Waals surface area contributed by atoms with Gasteiger partial charge >= 0.3 is 0 Å². The van der Waals surface area contributed by atoms with Gasteiger partial charge in [-0.05, 0) is 84.4 Å². The molecule has 0 bridgehead atoms. The van der Waals surface area contributed by atoms with Crippen molar-refractivity contribution in [2.45, 2.75) is 12.5 Å². The summed E-state index contributed by atoms with van der Waals surface area (Å²) in [6.45, 7) is 0. The molecule has 1 unspecified atom stereocenters. The zero-order chi connectivity index (χ0) is 27.6. The largest absolute Gasteiger partial charge is 0.493 e. The van der Waals surface area contributed by atoms with E-state index in [4.69, 9.17) is 9.15 Å². The van der Waals surface area contributed by atoms with Gasteiger partial charge < -0.3 is 18.3 Å². The number of para-hydroxylation sites is 2. The summed E-state index contributed by atoms with van der Waals surface area (Å²) >= 11 is 0. The summed E-state index contributed by atoms with van der Waals surface area (Å²) in [6, 6.07) is 43.5. The van der Waals surface area contributed by atoms with Crippen LogP contribution < -0.4 is 0 Å². The minimum absolute atomic E-state index is 0.0865. The lowest BCUT2D eigenvalue weighted by atomic mass is 10.0. The fourth-order valence-corrected chi connectivity index (χ4v) is 6.69. The third kappa shape index (κ3) is 3.42. The molecule has 0 amide bonds. The Labute approximate surface area is 242 Å².